The zero-order chi connectivity index (χ0) is 22.1. The molecule has 30 heavy (non-hydrogen) atoms. The average Bonchev–Trinajstić information content (AvgIpc) is 2.96. The lowest BCUT2D eigenvalue weighted by Crippen LogP contribution is -2.14. The zero-order valence-corrected chi connectivity index (χ0v) is 18.3. The Kier molecular flexibility index (Phi) is 6.33. The highest BCUT2D eigenvalue weighted by Crippen LogP contribution is 2.31. The van der Waals surface area contributed by atoms with Gasteiger partial charge in [0.05, 0.1) is 21.2 Å². The highest BCUT2D eigenvalue weighted by Gasteiger charge is 2.24. The number of ketones is 1. The van der Waals surface area contributed by atoms with Crippen molar-refractivity contribution >= 4 is 33.2 Å². The summed E-state index contributed by atoms with van der Waals surface area (Å²) in [6.45, 7) is 1.60. The Morgan fingerprint density at radius 3 is 2.63 bits per heavy atom. The molecule has 0 amide bonds. The van der Waals surface area contributed by atoms with E-state index in [2.05, 4.69) is 5.10 Å². The van der Waals surface area contributed by atoms with Crippen molar-refractivity contribution in [1.29, 1.82) is 0 Å². The molecule has 0 N–H and O–H groups in total. The Balaban J connectivity index is 1.94. The van der Waals surface area contributed by atoms with E-state index in [1.165, 1.54) is 22.9 Å². The third kappa shape index (κ3) is 4.91. The summed E-state index contributed by atoms with van der Waals surface area (Å²) in [6.07, 6.45) is 3.83. The molecule has 1 aromatic carbocycles. The summed E-state index contributed by atoms with van der Waals surface area (Å²) in [7, 11) is -1.95. The van der Waals surface area contributed by atoms with E-state index in [1.54, 1.807) is 20.0 Å². The predicted molar refractivity (Wildman–Crippen MR) is 109 cm³/mol. The third-order valence-corrected chi connectivity index (χ3v) is 6.15. The number of esters is 1. The van der Waals surface area contributed by atoms with E-state index in [4.69, 9.17) is 21.1 Å². The van der Waals surface area contributed by atoms with Crippen LogP contribution in [0.1, 0.15) is 40.9 Å². The number of nitrogens with zero attached hydrogens (tertiary/aromatic N) is 2. The number of aryl methyl sites for hydroxylation is 2. The minimum Gasteiger partial charge on any atom is -0.473 e. The molecule has 0 spiro atoms. The van der Waals surface area contributed by atoms with Crippen LogP contribution in [0.25, 0.3) is 0 Å². The number of benzene rings is 1. The van der Waals surface area contributed by atoms with Crippen molar-refractivity contribution in [2.45, 2.75) is 37.7 Å². The van der Waals surface area contributed by atoms with Crippen LogP contribution < -0.4 is 4.74 Å². The Hall–Kier alpha value is -2.65. The van der Waals surface area contributed by atoms with Gasteiger partial charge in [0.2, 0.25) is 5.88 Å². The van der Waals surface area contributed by atoms with E-state index >= 15 is 0 Å². The van der Waals surface area contributed by atoms with Crippen LogP contribution in [-0.4, -0.2) is 36.2 Å². The molecule has 0 radical (unpaired) electrons. The van der Waals surface area contributed by atoms with Crippen molar-refractivity contribution in [3.63, 3.8) is 0 Å². The number of aromatic nitrogens is 2. The number of ether oxygens (including phenoxy) is 2. The summed E-state index contributed by atoms with van der Waals surface area (Å²) < 4.78 is 37.0. The number of halogens is 1. The topological polar surface area (TPSA) is 105 Å². The van der Waals surface area contributed by atoms with E-state index < -0.39 is 15.8 Å². The van der Waals surface area contributed by atoms with Gasteiger partial charge in [0.15, 0.2) is 15.6 Å². The number of carbonyl (C=O) groups excluding carboxylic acids is 2. The second-order valence-electron chi connectivity index (χ2n) is 7.03. The molecule has 0 atom stereocenters. The summed E-state index contributed by atoms with van der Waals surface area (Å²) in [6, 6.07) is 4.29. The third-order valence-electron chi connectivity index (χ3n) is 4.54. The van der Waals surface area contributed by atoms with E-state index in [0.717, 1.165) is 11.9 Å². The maximum atomic E-state index is 12.6. The number of sulfone groups is 1. The molecule has 0 bridgehead atoms. The molecule has 0 fully saturated rings. The van der Waals surface area contributed by atoms with Gasteiger partial charge in [-0.15, -0.1) is 0 Å². The van der Waals surface area contributed by atoms with Crippen LogP contribution in [0.2, 0.25) is 5.02 Å². The predicted octanol–water partition coefficient (Wildman–Crippen LogP) is 3.16. The van der Waals surface area contributed by atoms with Gasteiger partial charge in [-0.3, -0.25) is 4.79 Å². The lowest BCUT2D eigenvalue weighted by atomic mass is 10.1. The quantitative estimate of drug-likeness (QED) is 0.620. The number of hydrogen-bond donors (Lipinski definition) is 0. The van der Waals surface area contributed by atoms with E-state index in [0.29, 0.717) is 25.1 Å². The summed E-state index contributed by atoms with van der Waals surface area (Å²) in [5.41, 5.74) is 0.860. The van der Waals surface area contributed by atoms with Gasteiger partial charge in [-0.25, -0.2) is 17.9 Å². The maximum Gasteiger partial charge on any atom is 0.344 e. The van der Waals surface area contributed by atoms with Crippen LogP contribution in [0.4, 0.5) is 0 Å². The number of carbonyl (C=O) groups is 2. The number of hydrogen-bond acceptors (Lipinski definition) is 7. The van der Waals surface area contributed by atoms with Gasteiger partial charge >= 0.3 is 5.97 Å². The maximum absolute atomic E-state index is 12.6. The highest BCUT2D eigenvalue weighted by atomic mass is 35.5. The molecule has 0 saturated heterocycles. The normalized spacial score (nSPS) is 14.4. The molecule has 8 nitrogen and oxygen atoms in total. The summed E-state index contributed by atoms with van der Waals surface area (Å²) in [5, 5.41) is 4.09. The number of rotatable bonds is 6. The Bertz CT molecular complexity index is 1150. The molecule has 0 unspecified atom stereocenters. The van der Waals surface area contributed by atoms with Crippen LogP contribution >= 0.6 is 11.6 Å². The van der Waals surface area contributed by atoms with Gasteiger partial charge in [0.1, 0.15) is 12.4 Å². The van der Waals surface area contributed by atoms with E-state index in [9.17, 15) is 18.0 Å². The second-order valence-corrected chi connectivity index (χ2v) is 9.39. The largest absolute Gasteiger partial charge is 0.473 e. The first-order valence-electron chi connectivity index (χ1n) is 9.16. The molecule has 160 valence electrons. The lowest BCUT2D eigenvalue weighted by Gasteiger charge is -2.16. The van der Waals surface area contributed by atoms with Crippen molar-refractivity contribution in [2.75, 3.05) is 6.26 Å². The first-order valence-corrected chi connectivity index (χ1v) is 11.4. The molecule has 0 aliphatic heterocycles. The minimum atomic E-state index is -3.64. The molecular formula is C20H21ClN2O6S. The van der Waals surface area contributed by atoms with E-state index in [1.807, 2.05) is 0 Å². The van der Waals surface area contributed by atoms with Crippen molar-refractivity contribution in [3.8, 4) is 5.88 Å². The first-order chi connectivity index (χ1) is 14.1. The lowest BCUT2D eigenvalue weighted by molar-refractivity contribution is -0.115. The fourth-order valence-electron chi connectivity index (χ4n) is 3.13. The van der Waals surface area contributed by atoms with Gasteiger partial charge < -0.3 is 9.47 Å². The van der Waals surface area contributed by atoms with Crippen molar-refractivity contribution in [3.05, 3.63) is 51.9 Å². The molecule has 1 aromatic heterocycles. The van der Waals surface area contributed by atoms with Crippen LogP contribution in [0, 0.1) is 6.92 Å². The molecule has 2 aromatic rings. The average molecular weight is 453 g/mol. The molecule has 1 aliphatic carbocycles. The van der Waals surface area contributed by atoms with E-state index in [-0.39, 0.29) is 39.2 Å². The first kappa shape index (κ1) is 22.0. The standard InChI is InChI=1S/C20H21ClN2O6S/c1-12-9-18(23(2)22-12)28-11-16-17(30(3,26)27)8-7-15(19(16)21)20(25)29-14-6-4-5-13(24)10-14/h7-10H,4-6,11H2,1-3H3. The van der Waals surface area contributed by atoms with Crippen molar-refractivity contribution in [1.82, 2.24) is 9.78 Å². The van der Waals surface area contributed by atoms with Crippen LogP contribution in [0.15, 0.2) is 34.9 Å². The second kappa shape index (κ2) is 8.61. The molecule has 1 heterocycles. The summed E-state index contributed by atoms with van der Waals surface area (Å²) in [5.74, 6) is -0.189. The SMILES string of the molecule is Cc1cc(OCc2c(S(C)(=O)=O)ccc(C(=O)OC3=CC(=O)CCC3)c2Cl)n(C)n1. The van der Waals surface area contributed by atoms with Gasteiger partial charge in [-0.2, -0.15) is 5.10 Å². The molecule has 10 heteroatoms. The molecule has 3 rings (SSSR count). The smallest absolute Gasteiger partial charge is 0.344 e. The van der Waals surface area contributed by atoms with Crippen LogP contribution in [-0.2, 0) is 33.0 Å². The van der Waals surface area contributed by atoms with Crippen LogP contribution in [0.3, 0.4) is 0 Å². The molecule has 0 saturated carbocycles. The monoisotopic (exact) mass is 452 g/mol. The van der Waals surface area contributed by atoms with Gasteiger partial charge in [0.25, 0.3) is 0 Å². The fourth-order valence-corrected chi connectivity index (χ4v) is 4.40. The Morgan fingerprint density at radius 1 is 1.30 bits per heavy atom. The van der Waals surface area contributed by atoms with Gasteiger partial charge in [0, 0.05) is 43.9 Å². The minimum absolute atomic E-state index is 0.0113. The Labute approximate surface area is 179 Å². The highest BCUT2D eigenvalue weighted by molar-refractivity contribution is 7.90. The Morgan fingerprint density at radius 2 is 2.03 bits per heavy atom. The van der Waals surface area contributed by atoms with Crippen molar-refractivity contribution in [2.24, 2.45) is 7.05 Å². The van der Waals surface area contributed by atoms with Gasteiger partial charge in [-0.1, -0.05) is 11.6 Å². The van der Waals surface area contributed by atoms with Crippen molar-refractivity contribution < 1.29 is 27.5 Å². The van der Waals surface area contributed by atoms with Crippen LogP contribution in [0.5, 0.6) is 5.88 Å². The fraction of sp³-hybridized carbons (Fsp3) is 0.350. The summed E-state index contributed by atoms with van der Waals surface area (Å²) in [4.78, 5) is 24.1. The zero-order valence-electron chi connectivity index (χ0n) is 16.8. The molecule has 1 aliphatic rings. The number of allylic oxidation sites excluding steroid dienone is 2. The summed E-state index contributed by atoms with van der Waals surface area (Å²) >= 11 is 6.42. The van der Waals surface area contributed by atoms with Gasteiger partial charge in [-0.05, 0) is 25.5 Å². The molecular weight excluding hydrogens is 432 g/mol.